The van der Waals surface area contributed by atoms with Gasteiger partial charge in [-0.25, -0.2) is 9.37 Å². The van der Waals surface area contributed by atoms with Crippen molar-refractivity contribution in [1.29, 1.82) is 0 Å². The molecule has 4 aromatic rings. The zero-order chi connectivity index (χ0) is 27.0. The number of benzene rings is 1. The molecule has 1 fully saturated rings. The highest BCUT2D eigenvalue weighted by Crippen LogP contribution is 2.41. The molecule has 3 aromatic heterocycles. The van der Waals surface area contributed by atoms with Crippen LogP contribution in [0.3, 0.4) is 0 Å². The van der Waals surface area contributed by atoms with Crippen molar-refractivity contribution in [3.05, 3.63) is 98.6 Å². The number of pyridine rings is 2. The molecule has 1 aromatic carbocycles. The van der Waals surface area contributed by atoms with Crippen molar-refractivity contribution < 1.29 is 17.6 Å². The average molecular weight is 525 g/mol. The van der Waals surface area contributed by atoms with Crippen LogP contribution in [0, 0.1) is 12.7 Å². The van der Waals surface area contributed by atoms with E-state index in [0.717, 1.165) is 17.2 Å². The molecule has 1 aliphatic rings. The van der Waals surface area contributed by atoms with Crippen LogP contribution in [0.25, 0.3) is 11.2 Å². The first-order chi connectivity index (χ1) is 18.2. The van der Waals surface area contributed by atoms with Crippen molar-refractivity contribution in [2.24, 2.45) is 0 Å². The molecule has 9 heteroatoms. The summed E-state index contributed by atoms with van der Waals surface area (Å²) in [5.41, 5.74) is 1.97. The van der Waals surface area contributed by atoms with E-state index in [9.17, 15) is 22.4 Å². The minimum absolute atomic E-state index is 0.0601. The number of aryl methyl sites for hydroxylation is 2. The summed E-state index contributed by atoms with van der Waals surface area (Å²) >= 11 is 0. The Morgan fingerprint density at radius 1 is 1.03 bits per heavy atom. The van der Waals surface area contributed by atoms with Gasteiger partial charge in [0, 0.05) is 18.0 Å². The lowest BCUT2D eigenvalue weighted by Gasteiger charge is -2.30. The van der Waals surface area contributed by atoms with E-state index in [1.54, 1.807) is 18.3 Å². The fourth-order valence-corrected chi connectivity index (χ4v) is 5.62. The SMILES string of the molecule is CCc1cnc2cc(C3CCC(c4c(C)cccc4F)CC3)c(=O)n(Cc3ncccc3C(F)(F)F)c2n1. The van der Waals surface area contributed by atoms with Gasteiger partial charge >= 0.3 is 6.18 Å². The second-order valence-electron chi connectivity index (χ2n) is 9.93. The fourth-order valence-electron chi connectivity index (χ4n) is 5.62. The Balaban J connectivity index is 1.54. The third kappa shape index (κ3) is 4.93. The van der Waals surface area contributed by atoms with Crippen LogP contribution in [-0.4, -0.2) is 19.5 Å². The summed E-state index contributed by atoms with van der Waals surface area (Å²) in [4.78, 5) is 26.8. The van der Waals surface area contributed by atoms with Gasteiger partial charge in [-0.05, 0) is 86.3 Å². The number of halogens is 4. The van der Waals surface area contributed by atoms with Gasteiger partial charge < -0.3 is 0 Å². The summed E-state index contributed by atoms with van der Waals surface area (Å²) in [5, 5.41) is 0. The zero-order valence-electron chi connectivity index (χ0n) is 21.2. The highest BCUT2D eigenvalue weighted by atomic mass is 19.4. The van der Waals surface area contributed by atoms with Crippen LogP contribution in [0.15, 0.2) is 53.6 Å². The number of nitrogens with zero attached hydrogens (tertiary/aromatic N) is 4. The van der Waals surface area contributed by atoms with Crippen LogP contribution in [0.5, 0.6) is 0 Å². The Morgan fingerprint density at radius 2 is 1.76 bits per heavy atom. The Morgan fingerprint density at radius 3 is 2.45 bits per heavy atom. The zero-order valence-corrected chi connectivity index (χ0v) is 21.2. The van der Waals surface area contributed by atoms with Gasteiger partial charge in [-0.1, -0.05) is 19.1 Å². The summed E-state index contributed by atoms with van der Waals surface area (Å²) in [6, 6.07) is 9.01. The van der Waals surface area contributed by atoms with E-state index < -0.39 is 11.7 Å². The third-order valence-electron chi connectivity index (χ3n) is 7.58. The Kier molecular flexibility index (Phi) is 7.03. The molecule has 0 atom stereocenters. The predicted molar refractivity (Wildman–Crippen MR) is 137 cm³/mol. The lowest BCUT2D eigenvalue weighted by molar-refractivity contribution is -0.138. The smallest absolute Gasteiger partial charge is 0.285 e. The van der Waals surface area contributed by atoms with E-state index in [4.69, 9.17) is 0 Å². The number of hydrogen-bond donors (Lipinski definition) is 0. The molecule has 0 aliphatic heterocycles. The second kappa shape index (κ2) is 10.3. The van der Waals surface area contributed by atoms with Gasteiger partial charge in [0.1, 0.15) is 11.3 Å². The molecular weight excluding hydrogens is 496 g/mol. The van der Waals surface area contributed by atoms with Gasteiger partial charge in [0.2, 0.25) is 0 Å². The minimum atomic E-state index is -4.61. The fraction of sp³-hybridized carbons (Fsp3) is 0.379. The summed E-state index contributed by atoms with van der Waals surface area (Å²) in [6.07, 6.45) is 1.62. The topological polar surface area (TPSA) is 60.7 Å². The number of fused-ring (bicyclic) bond motifs is 1. The van der Waals surface area contributed by atoms with Crippen molar-refractivity contribution in [2.45, 2.75) is 70.5 Å². The molecule has 0 bridgehead atoms. The highest BCUT2D eigenvalue weighted by Gasteiger charge is 2.34. The molecule has 0 radical (unpaired) electrons. The first kappa shape index (κ1) is 26.0. The Labute approximate surface area is 217 Å². The first-order valence-electron chi connectivity index (χ1n) is 12.8. The van der Waals surface area contributed by atoms with E-state index in [0.29, 0.717) is 48.9 Å². The quantitative estimate of drug-likeness (QED) is 0.273. The normalized spacial score (nSPS) is 18.2. The van der Waals surface area contributed by atoms with Crippen molar-refractivity contribution >= 4 is 11.2 Å². The van der Waals surface area contributed by atoms with Crippen molar-refractivity contribution in [3.8, 4) is 0 Å². The predicted octanol–water partition coefficient (Wildman–Crippen LogP) is 6.70. The van der Waals surface area contributed by atoms with Crippen LogP contribution in [0.1, 0.15) is 78.1 Å². The first-order valence-corrected chi connectivity index (χ1v) is 12.8. The van der Waals surface area contributed by atoms with Gasteiger partial charge in [-0.3, -0.25) is 19.3 Å². The van der Waals surface area contributed by atoms with Crippen LogP contribution in [0.4, 0.5) is 17.6 Å². The molecule has 0 amide bonds. The lowest BCUT2D eigenvalue weighted by Crippen LogP contribution is -2.29. The van der Waals surface area contributed by atoms with Crippen molar-refractivity contribution in [1.82, 2.24) is 19.5 Å². The largest absolute Gasteiger partial charge is 0.418 e. The molecular formula is C29H28F4N4O. The van der Waals surface area contributed by atoms with E-state index in [2.05, 4.69) is 15.0 Å². The Hall–Kier alpha value is -3.62. The van der Waals surface area contributed by atoms with Gasteiger partial charge in [0.15, 0.2) is 5.65 Å². The van der Waals surface area contributed by atoms with Gasteiger partial charge in [-0.15, -0.1) is 0 Å². The maximum Gasteiger partial charge on any atom is 0.418 e. The Bertz CT molecular complexity index is 1520. The molecule has 0 unspecified atom stereocenters. The van der Waals surface area contributed by atoms with Crippen molar-refractivity contribution in [3.63, 3.8) is 0 Å². The number of alkyl halides is 3. The molecule has 198 valence electrons. The second-order valence-corrected chi connectivity index (χ2v) is 9.93. The number of aromatic nitrogens is 4. The maximum atomic E-state index is 14.6. The molecule has 0 N–H and O–H groups in total. The average Bonchev–Trinajstić information content (AvgIpc) is 2.90. The third-order valence-corrected chi connectivity index (χ3v) is 7.58. The summed E-state index contributed by atoms with van der Waals surface area (Å²) in [5.74, 6) is -0.260. The molecule has 0 saturated heterocycles. The van der Waals surface area contributed by atoms with Gasteiger partial charge in [0.25, 0.3) is 5.56 Å². The molecule has 5 nitrogen and oxygen atoms in total. The highest BCUT2D eigenvalue weighted by molar-refractivity contribution is 5.71. The van der Waals surface area contributed by atoms with Crippen LogP contribution in [-0.2, 0) is 19.1 Å². The van der Waals surface area contributed by atoms with E-state index in [-0.39, 0.29) is 41.1 Å². The number of hydrogen-bond acceptors (Lipinski definition) is 4. The monoisotopic (exact) mass is 524 g/mol. The van der Waals surface area contributed by atoms with Gasteiger partial charge in [-0.2, -0.15) is 13.2 Å². The summed E-state index contributed by atoms with van der Waals surface area (Å²) in [6.45, 7) is 3.43. The van der Waals surface area contributed by atoms with Crippen LogP contribution >= 0.6 is 0 Å². The maximum absolute atomic E-state index is 14.6. The van der Waals surface area contributed by atoms with Crippen LogP contribution in [0.2, 0.25) is 0 Å². The lowest BCUT2D eigenvalue weighted by atomic mass is 9.75. The number of rotatable bonds is 5. The molecule has 1 aliphatic carbocycles. The molecule has 0 spiro atoms. The van der Waals surface area contributed by atoms with Gasteiger partial charge in [0.05, 0.1) is 23.5 Å². The molecule has 1 saturated carbocycles. The van der Waals surface area contributed by atoms with Crippen LogP contribution < -0.4 is 5.56 Å². The molecule has 38 heavy (non-hydrogen) atoms. The van der Waals surface area contributed by atoms with E-state index in [1.807, 2.05) is 19.9 Å². The van der Waals surface area contributed by atoms with Crippen molar-refractivity contribution in [2.75, 3.05) is 0 Å². The van der Waals surface area contributed by atoms with E-state index in [1.165, 1.54) is 22.9 Å². The summed E-state index contributed by atoms with van der Waals surface area (Å²) in [7, 11) is 0. The molecule has 5 rings (SSSR count). The standard InChI is InChI=1S/C29H28F4N4O/c1-3-20-15-35-24-14-21(18-9-11-19(12-10-18)26-17(2)6-4-8-23(26)30)28(38)37(27(24)36-20)16-25-22(29(31,32)33)7-5-13-34-25/h4-8,13-15,18-19H,3,9-12,16H2,1-2H3. The minimum Gasteiger partial charge on any atom is -0.285 e. The molecule has 3 heterocycles. The summed E-state index contributed by atoms with van der Waals surface area (Å²) < 4.78 is 57.0. The van der Waals surface area contributed by atoms with E-state index >= 15 is 0 Å².